The predicted molar refractivity (Wildman–Crippen MR) is 101 cm³/mol. The first-order chi connectivity index (χ1) is 12.6. The number of benzene rings is 2. The van der Waals surface area contributed by atoms with E-state index >= 15 is 0 Å². The van der Waals surface area contributed by atoms with Crippen LogP contribution in [0.15, 0.2) is 54.6 Å². The monoisotopic (exact) mass is 376 g/mol. The van der Waals surface area contributed by atoms with Crippen LogP contribution in [0, 0.1) is 5.82 Å². The van der Waals surface area contributed by atoms with E-state index in [9.17, 15) is 14.0 Å². The normalized spacial score (nSPS) is 10.2. The highest BCUT2D eigenvalue weighted by atomic mass is 32.2. The lowest BCUT2D eigenvalue weighted by Gasteiger charge is -2.08. The molecule has 0 spiro atoms. The lowest BCUT2D eigenvalue weighted by Crippen LogP contribution is -2.39. The topological polar surface area (TPSA) is 67.4 Å². The molecule has 2 aromatic rings. The lowest BCUT2D eigenvalue weighted by atomic mass is 10.2. The van der Waals surface area contributed by atoms with Gasteiger partial charge in [-0.1, -0.05) is 36.4 Å². The fraction of sp³-hybridized carbons (Fsp3) is 0.263. The van der Waals surface area contributed by atoms with Gasteiger partial charge in [-0.25, -0.2) is 4.39 Å². The van der Waals surface area contributed by atoms with Gasteiger partial charge >= 0.3 is 0 Å². The third-order valence-corrected chi connectivity index (χ3v) is 4.35. The van der Waals surface area contributed by atoms with E-state index in [2.05, 4.69) is 10.6 Å². The average molecular weight is 376 g/mol. The molecular formula is C19H21FN2O3S. The molecule has 0 aliphatic rings. The van der Waals surface area contributed by atoms with Crippen molar-refractivity contribution in [2.45, 2.75) is 5.75 Å². The van der Waals surface area contributed by atoms with E-state index in [4.69, 9.17) is 4.74 Å². The van der Waals surface area contributed by atoms with Crippen LogP contribution in [0.5, 0.6) is 5.75 Å². The Bertz CT molecular complexity index is 713. The minimum atomic E-state index is -0.363. The van der Waals surface area contributed by atoms with Crippen molar-refractivity contribution in [2.24, 2.45) is 0 Å². The highest BCUT2D eigenvalue weighted by Crippen LogP contribution is 2.14. The Morgan fingerprint density at radius 3 is 2.46 bits per heavy atom. The molecule has 5 nitrogen and oxygen atoms in total. The van der Waals surface area contributed by atoms with Gasteiger partial charge in [-0.2, -0.15) is 11.8 Å². The van der Waals surface area contributed by atoms with Crippen LogP contribution in [-0.4, -0.2) is 37.3 Å². The van der Waals surface area contributed by atoms with E-state index in [0.717, 1.165) is 0 Å². The van der Waals surface area contributed by atoms with E-state index in [1.807, 2.05) is 18.2 Å². The maximum absolute atomic E-state index is 13.4. The first kappa shape index (κ1) is 19.8. The number of nitrogens with one attached hydrogen (secondary N) is 2. The molecule has 0 heterocycles. The fourth-order valence-electron chi connectivity index (χ4n) is 2.02. The molecule has 0 saturated heterocycles. The van der Waals surface area contributed by atoms with Crippen LogP contribution in [0.25, 0.3) is 0 Å². The summed E-state index contributed by atoms with van der Waals surface area (Å²) in [4.78, 5) is 23.3. The van der Waals surface area contributed by atoms with Crippen LogP contribution in [-0.2, 0) is 15.3 Å². The molecule has 0 atom stereocenters. The molecule has 0 aliphatic carbocycles. The molecule has 26 heavy (non-hydrogen) atoms. The third-order valence-electron chi connectivity index (χ3n) is 3.34. The van der Waals surface area contributed by atoms with Crippen LogP contribution in [0.2, 0.25) is 0 Å². The Morgan fingerprint density at radius 2 is 1.69 bits per heavy atom. The summed E-state index contributed by atoms with van der Waals surface area (Å²) in [5, 5.41) is 5.20. The van der Waals surface area contributed by atoms with Gasteiger partial charge in [-0.15, -0.1) is 0 Å². The summed E-state index contributed by atoms with van der Waals surface area (Å²) in [5.41, 5.74) is 0.648. The molecular weight excluding hydrogens is 355 g/mol. The average Bonchev–Trinajstić information content (AvgIpc) is 2.66. The number of carbonyl (C=O) groups is 2. The maximum Gasteiger partial charge on any atom is 0.258 e. The van der Waals surface area contributed by atoms with Crippen LogP contribution in [0.3, 0.4) is 0 Å². The number of rotatable bonds is 10. The minimum absolute atomic E-state index is 0.102. The number of halogens is 1. The Balaban J connectivity index is 1.52. The van der Waals surface area contributed by atoms with Crippen LogP contribution in [0.4, 0.5) is 4.39 Å². The SMILES string of the molecule is O=C(CNC(=O)COc1ccccc1)NCCSCc1ccccc1F. The fourth-order valence-corrected chi connectivity index (χ4v) is 2.86. The predicted octanol–water partition coefficient (Wildman–Crippen LogP) is 2.37. The molecule has 7 heteroatoms. The van der Waals surface area contributed by atoms with Gasteiger partial charge in [-0.3, -0.25) is 9.59 Å². The van der Waals surface area contributed by atoms with E-state index in [1.54, 1.807) is 30.3 Å². The van der Waals surface area contributed by atoms with Crippen molar-refractivity contribution in [3.8, 4) is 5.75 Å². The van der Waals surface area contributed by atoms with Gasteiger partial charge in [0.25, 0.3) is 5.91 Å². The Kier molecular flexibility index (Phi) is 8.48. The van der Waals surface area contributed by atoms with Crippen LogP contribution < -0.4 is 15.4 Å². The van der Waals surface area contributed by atoms with E-state index < -0.39 is 0 Å². The number of hydrogen-bond acceptors (Lipinski definition) is 4. The maximum atomic E-state index is 13.4. The second-order valence-corrected chi connectivity index (χ2v) is 6.48. The Labute approximate surface area is 156 Å². The second-order valence-electron chi connectivity index (χ2n) is 5.37. The molecule has 2 N–H and O–H groups in total. The summed E-state index contributed by atoms with van der Waals surface area (Å²) in [7, 11) is 0. The summed E-state index contributed by atoms with van der Waals surface area (Å²) in [6.07, 6.45) is 0. The Hall–Kier alpha value is -2.54. The van der Waals surface area contributed by atoms with Gasteiger partial charge in [0.1, 0.15) is 11.6 Å². The number of thioether (sulfide) groups is 1. The number of carbonyl (C=O) groups excluding carboxylic acids is 2. The van der Waals surface area contributed by atoms with E-state index in [0.29, 0.717) is 29.4 Å². The first-order valence-electron chi connectivity index (χ1n) is 8.17. The van der Waals surface area contributed by atoms with Gasteiger partial charge in [-0.05, 0) is 23.8 Å². The highest BCUT2D eigenvalue weighted by molar-refractivity contribution is 7.98. The second kappa shape index (κ2) is 11.1. The lowest BCUT2D eigenvalue weighted by molar-refractivity contribution is -0.127. The van der Waals surface area contributed by atoms with Gasteiger partial charge < -0.3 is 15.4 Å². The summed E-state index contributed by atoms with van der Waals surface area (Å²) in [5.74, 6) is 0.951. The number of para-hydroxylation sites is 1. The first-order valence-corrected chi connectivity index (χ1v) is 9.33. The van der Waals surface area contributed by atoms with Crippen molar-refractivity contribution < 1.29 is 18.7 Å². The Morgan fingerprint density at radius 1 is 0.962 bits per heavy atom. The molecule has 2 rings (SSSR count). The zero-order valence-corrected chi connectivity index (χ0v) is 15.1. The molecule has 0 unspecified atom stereocenters. The van der Waals surface area contributed by atoms with Crippen molar-refractivity contribution >= 4 is 23.6 Å². The summed E-state index contributed by atoms with van der Waals surface area (Å²) in [6, 6.07) is 15.6. The minimum Gasteiger partial charge on any atom is -0.484 e. The molecule has 138 valence electrons. The quantitative estimate of drug-likeness (QED) is 0.625. The third kappa shape index (κ3) is 7.57. The number of hydrogen-bond donors (Lipinski definition) is 2. The largest absolute Gasteiger partial charge is 0.484 e. The molecule has 0 bridgehead atoms. The van der Waals surface area contributed by atoms with Crippen molar-refractivity contribution in [3.05, 3.63) is 66.0 Å². The van der Waals surface area contributed by atoms with Gasteiger partial charge in [0, 0.05) is 18.1 Å². The van der Waals surface area contributed by atoms with Crippen molar-refractivity contribution in [1.29, 1.82) is 0 Å². The van der Waals surface area contributed by atoms with E-state index in [-0.39, 0.29) is 30.8 Å². The number of ether oxygens (including phenoxy) is 1. The van der Waals surface area contributed by atoms with Crippen molar-refractivity contribution in [3.63, 3.8) is 0 Å². The van der Waals surface area contributed by atoms with Crippen LogP contribution in [0.1, 0.15) is 5.56 Å². The summed E-state index contributed by atoms with van der Waals surface area (Å²) >= 11 is 1.53. The molecule has 0 radical (unpaired) electrons. The van der Waals surface area contributed by atoms with Gasteiger partial charge in [0.2, 0.25) is 5.91 Å². The van der Waals surface area contributed by atoms with Gasteiger partial charge in [0.15, 0.2) is 6.61 Å². The number of amides is 2. The molecule has 0 aliphatic heterocycles. The summed E-state index contributed by atoms with van der Waals surface area (Å²) < 4.78 is 18.7. The molecule has 2 amide bonds. The van der Waals surface area contributed by atoms with Crippen molar-refractivity contribution in [1.82, 2.24) is 10.6 Å². The molecule has 0 aromatic heterocycles. The van der Waals surface area contributed by atoms with Gasteiger partial charge in [0.05, 0.1) is 6.54 Å². The van der Waals surface area contributed by atoms with Crippen LogP contribution >= 0.6 is 11.8 Å². The molecule has 0 saturated carbocycles. The standard InChI is InChI=1S/C19H21FN2O3S/c20-17-9-5-4-6-15(17)14-26-11-10-21-18(23)12-22-19(24)13-25-16-7-2-1-3-8-16/h1-9H,10-14H2,(H,21,23)(H,22,24). The summed E-state index contributed by atoms with van der Waals surface area (Å²) in [6.45, 7) is 0.207. The zero-order valence-electron chi connectivity index (χ0n) is 14.2. The molecule has 2 aromatic carbocycles. The molecule has 0 fully saturated rings. The van der Waals surface area contributed by atoms with Crippen molar-refractivity contribution in [2.75, 3.05) is 25.4 Å². The highest BCUT2D eigenvalue weighted by Gasteiger charge is 2.06. The zero-order chi connectivity index (χ0) is 18.6. The smallest absolute Gasteiger partial charge is 0.258 e. The van der Waals surface area contributed by atoms with E-state index in [1.165, 1.54) is 17.8 Å².